The molecule has 2 aromatic carbocycles. The Bertz CT molecular complexity index is 1300. The number of carbonyl (C=O) groups excluding carboxylic acids is 1. The van der Waals surface area contributed by atoms with Crippen LogP contribution in [0, 0.1) is 10.8 Å². The number of likely N-dealkylation sites (tertiary alicyclic amines) is 1. The second-order valence-corrected chi connectivity index (χ2v) is 11.4. The van der Waals surface area contributed by atoms with Crippen LogP contribution in [-0.2, 0) is 11.5 Å². The van der Waals surface area contributed by atoms with E-state index in [0.29, 0.717) is 40.7 Å². The fourth-order valence-electron chi connectivity index (χ4n) is 6.62. The zero-order chi connectivity index (χ0) is 25.5. The van der Waals surface area contributed by atoms with E-state index in [9.17, 15) is 9.90 Å². The summed E-state index contributed by atoms with van der Waals surface area (Å²) in [6.07, 6.45) is 3.65. The number of methoxy groups -OCH3 is 1. The quantitative estimate of drug-likeness (QED) is 0.477. The highest BCUT2D eigenvalue weighted by Gasteiger charge is 2.52. The van der Waals surface area contributed by atoms with Crippen molar-refractivity contribution in [3.8, 4) is 17.4 Å². The molecule has 8 heteroatoms. The molecule has 1 aliphatic heterocycles. The van der Waals surface area contributed by atoms with E-state index in [4.69, 9.17) is 9.47 Å². The maximum atomic E-state index is 12.4. The van der Waals surface area contributed by atoms with Crippen molar-refractivity contribution < 1.29 is 24.3 Å². The van der Waals surface area contributed by atoms with Crippen molar-refractivity contribution in [1.29, 1.82) is 0 Å². The molecule has 5 rings (SSSR count). The highest BCUT2D eigenvalue weighted by molar-refractivity contribution is 5.95. The number of hydrogen-bond acceptors (Lipinski definition) is 5. The number of benzene rings is 2. The van der Waals surface area contributed by atoms with Crippen LogP contribution in [0.1, 0.15) is 40.0 Å². The highest BCUT2D eigenvalue weighted by Crippen LogP contribution is 2.47. The van der Waals surface area contributed by atoms with E-state index >= 15 is 0 Å². The predicted octanol–water partition coefficient (Wildman–Crippen LogP) is 4.49. The molecule has 190 valence electrons. The van der Waals surface area contributed by atoms with Gasteiger partial charge in [0.1, 0.15) is 11.5 Å². The van der Waals surface area contributed by atoms with E-state index in [-0.39, 0.29) is 12.5 Å². The summed E-state index contributed by atoms with van der Waals surface area (Å²) in [5, 5.41) is 20.0. The van der Waals surface area contributed by atoms with Gasteiger partial charge in [-0.3, -0.25) is 9.36 Å². The lowest BCUT2D eigenvalue weighted by Gasteiger charge is -2.37. The first-order chi connectivity index (χ1) is 17.2. The lowest BCUT2D eigenvalue weighted by Crippen LogP contribution is -3.13. The van der Waals surface area contributed by atoms with Crippen LogP contribution in [0.4, 0.5) is 5.69 Å². The second-order valence-electron chi connectivity index (χ2n) is 11.4. The lowest BCUT2D eigenvalue weighted by atomic mass is 9.65. The van der Waals surface area contributed by atoms with Gasteiger partial charge in [0.2, 0.25) is 5.88 Å². The van der Waals surface area contributed by atoms with Gasteiger partial charge in [-0.1, -0.05) is 39.0 Å². The third-order valence-electron chi connectivity index (χ3n) is 7.64. The SMILES string of the molecule is COc1ccc(OCC(=O)N=Nc2c(O)n(C[NH+]3C[C@]4(C)C[C@H]3CC(C)(C)C4)c3ccccc23)cc1. The molecular formula is C28H35N4O4+. The fraction of sp³-hybridized carbons (Fsp3) is 0.464. The average Bonchev–Trinajstić information content (AvgIpc) is 3.24. The molecule has 0 radical (unpaired) electrons. The van der Waals surface area contributed by atoms with Gasteiger partial charge >= 0.3 is 5.91 Å². The van der Waals surface area contributed by atoms with E-state index < -0.39 is 5.91 Å². The van der Waals surface area contributed by atoms with Gasteiger partial charge in [-0.05, 0) is 42.2 Å². The smallest absolute Gasteiger partial charge is 0.302 e. The van der Waals surface area contributed by atoms with Crippen LogP contribution in [0.25, 0.3) is 10.9 Å². The summed E-state index contributed by atoms with van der Waals surface area (Å²) in [5.41, 5.74) is 1.88. The molecule has 1 saturated carbocycles. The van der Waals surface area contributed by atoms with Crippen LogP contribution in [0.15, 0.2) is 58.8 Å². The number of aromatic hydroxyl groups is 1. The minimum Gasteiger partial charge on any atom is -0.497 e. The Morgan fingerprint density at radius 2 is 1.83 bits per heavy atom. The monoisotopic (exact) mass is 491 g/mol. The Morgan fingerprint density at radius 1 is 1.11 bits per heavy atom. The topological polar surface area (TPSA) is 89.8 Å². The zero-order valence-electron chi connectivity index (χ0n) is 21.5. The Labute approximate surface area is 211 Å². The number of quaternary nitrogens is 1. The molecule has 1 amide bonds. The summed E-state index contributed by atoms with van der Waals surface area (Å²) in [6.45, 7) is 8.65. The molecule has 1 aromatic heterocycles. The van der Waals surface area contributed by atoms with E-state index in [0.717, 1.165) is 17.4 Å². The summed E-state index contributed by atoms with van der Waals surface area (Å²) in [5.74, 6) is 0.755. The molecule has 8 nitrogen and oxygen atoms in total. The third kappa shape index (κ3) is 4.82. The number of azo groups is 1. The molecule has 1 saturated heterocycles. The molecule has 2 fully saturated rings. The first kappa shape index (κ1) is 24.3. The van der Waals surface area contributed by atoms with Crippen LogP contribution in [-0.4, -0.2) is 41.9 Å². The number of nitrogens with zero attached hydrogens (tertiary/aromatic N) is 3. The molecule has 3 aromatic rings. The summed E-state index contributed by atoms with van der Waals surface area (Å²) in [6, 6.07) is 15.3. The number of aromatic nitrogens is 1. The largest absolute Gasteiger partial charge is 0.497 e. The number of rotatable bonds is 7. The van der Waals surface area contributed by atoms with Crippen molar-refractivity contribution in [2.45, 2.75) is 52.7 Å². The van der Waals surface area contributed by atoms with Gasteiger partial charge in [0.25, 0.3) is 0 Å². The predicted molar refractivity (Wildman–Crippen MR) is 137 cm³/mol. The summed E-state index contributed by atoms with van der Waals surface area (Å²) in [4.78, 5) is 13.9. The molecule has 2 bridgehead atoms. The van der Waals surface area contributed by atoms with E-state index in [1.807, 2.05) is 28.8 Å². The number of ether oxygens (including phenoxy) is 2. The summed E-state index contributed by atoms with van der Waals surface area (Å²) < 4.78 is 12.6. The molecular weight excluding hydrogens is 456 g/mol. The molecule has 2 heterocycles. The van der Waals surface area contributed by atoms with Gasteiger partial charge in [0.15, 0.2) is 19.0 Å². The molecule has 1 aliphatic carbocycles. The molecule has 2 N–H and O–H groups in total. The van der Waals surface area contributed by atoms with Crippen molar-refractivity contribution in [2.24, 2.45) is 21.1 Å². The molecule has 2 aliphatic rings. The number of nitrogens with one attached hydrogen (secondary N) is 1. The Morgan fingerprint density at radius 3 is 2.58 bits per heavy atom. The van der Waals surface area contributed by atoms with Crippen molar-refractivity contribution in [2.75, 3.05) is 20.3 Å². The Balaban J connectivity index is 1.33. The van der Waals surface area contributed by atoms with Gasteiger partial charge < -0.3 is 19.5 Å². The lowest BCUT2D eigenvalue weighted by molar-refractivity contribution is -0.936. The first-order valence-electron chi connectivity index (χ1n) is 12.5. The van der Waals surface area contributed by atoms with Crippen LogP contribution >= 0.6 is 0 Å². The fourth-order valence-corrected chi connectivity index (χ4v) is 6.62. The van der Waals surface area contributed by atoms with E-state index in [1.54, 1.807) is 31.4 Å². The van der Waals surface area contributed by atoms with Gasteiger partial charge in [-0.25, -0.2) is 0 Å². The van der Waals surface area contributed by atoms with E-state index in [1.165, 1.54) is 24.2 Å². The molecule has 3 atom stereocenters. The van der Waals surface area contributed by atoms with Gasteiger partial charge in [-0.2, -0.15) is 0 Å². The normalized spacial score (nSPS) is 24.9. The average molecular weight is 492 g/mol. The molecule has 0 spiro atoms. The number of carbonyl (C=O) groups is 1. The summed E-state index contributed by atoms with van der Waals surface area (Å²) in [7, 11) is 1.59. The Kier molecular flexibility index (Phi) is 6.24. The van der Waals surface area contributed by atoms with Crippen LogP contribution < -0.4 is 14.4 Å². The van der Waals surface area contributed by atoms with Gasteiger partial charge in [0, 0.05) is 23.6 Å². The van der Waals surface area contributed by atoms with Crippen LogP contribution in [0.5, 0.6) is 17.4 Å². The first-order valence-corrected chi connectivity index (χ1v) is 12.5. The minimum atomic E-state index is -0.531. The minimum absolute atomic E-state index is 0.0437. The van der Waals surface area contributed by atoms with Crippen LogP contribution in [0.3, 0.4) is 0 Å². The van der Waals surface area contributed by atoms with Gasteiger partial charge in [0.05, 0.1) is 25.2 Å². The van der Waals surface area contributed by atoms with Crippen molar-refractivity contribution in [1.82, 2.24) is 4.57 Å². The number of para-hydroxylation sites is 1. The van der Waals surface area contributed by atoms with Gasteiger partial charge in [-0.15, -0.1) is 10.2 Å². The summed E-state index contributed by atoms with van der Waals surface area (Å²) >= 11 is 0. The van der Waals surface area contributed by atoms with Crippen molar-refractivity contribution in [3.05, 3.63) is 48.5 Å². The maximum absolute atomic E-state index is 12.4. The third-order valence-corrected chi connectivity index (χ3v) is 7.64. The maximum Gasteiger partial charge on any atom is 0.302 e. The van der Waals surface area contributed by atoms with Crippen molar-refractivity contribution >= 4 is 22.5 Å². The zero-order valence-corrected chi connectivity index (χ0v) is 21.5. The molecule has 1 unspecified atom stereocenters. The Hall–Kier alpha value is -3.39. The van der Waals surface area contributed by atoms with E-state index in [2.05, 4.69) is 31.0 Å². The highest BCUT2D eigenvalue weighted by atomic mass is 16.5. The second kappa shape index (κ2) is 9.24. The van der Waals surface area contributed by atoms with Crippen LogP contribution in [0.2, 0.25) is 0 Å². The number of hydrogen-bond donors (Lipinski definition) is 2. The number of fused-ring (bicyclic) bond motifs is 3. The van der Waals surface area contributed by atoms with Crippen molar-refractivity contribution in [3.63, 3.8) is 0 Å². The molecule has 36 heavy (non-hydrogen) atoms. The standard InChI is InChI=1S/C28H34N4O4/c1-27(2)13-19-14-28(3,16-27)17-31(19)18-32-23-8-6-5-7-22(23)25(26(32)34)30-29-24(33)15-36-21-11-9-20(35-4)10-12-21/h5-12,19,34H,13-18H2,1-4H3/p+1/t19-,28-/m1/s1. The number of amides is 1.